The van der Waals surface area contributed by atoms with Crippen molar-refractivity contribution in [2.45, 2.75) is 25.8 Å². The van der Waals surface area contributed by atoms with Gasteiger partial charge in [0.1, 0.15) is 0 Å². The molecule has 0 amide bonds. The molecular formula is C14H19N3O2. The molecule has 0 radical (unpaired) electrons. The molecule has 0 aliphatic rings. The number of nitrogens with two attached hydrogens (primary N) is 1. The van der Waals surface area contributed by atoms with Crippen molar-refractivity contribution in [2.75, 3.05) is 13.7 Å². The number of aryl methyl sites for hydroxylation is 1. The van der Waals surface area contributed by atoms with Crippen LogP contribution in [-0.4, -0.2) is 23.9 Å². The summed E-state index contributed by atoms with van der Waals surface area (Å²) in [5.74, 6) is 1.13. The normalized spacial score (nSPS) is 12.6. The Labute approximate surface area is 112 Å². The number of benzene rings is 1. The number of rotatable bonds is 6. The van der Waals surface area contributed by atoms with Gasteiger partial charge in [-0.1, -0.05) is 35.0 Å². The van der Waals surface area contributed by atoms with E-state index in [9.17, 15) is 0 Å². The summed E-state index contributed by atoms with van der Waals surface area (Å²) in [5, 5.41) is 3.96. The molecule has 0 saturated heterocycles. The molecule has 0 saturated carbocycles. The van der Waals surface area contributed by atoms with Gasteiger partial charge in [0.2, 0.25) is 5.89 Å². The molecule has 0 aliphatic heterocycles. The zero-order valence-corrected chi connectivity index (χ0v) is 11.3. The molecule has 1 aromatic heterocycles. The van der Waals surface area contributed by atoms with Crippen LogP contribution in [-0.2, 0) is 11.2 Å². The van der Waals surface area contributed by atoms with Crippen LogP contribution < -0.4 is 5.73 Å². The van der Waals surface area contributed by atoms with Gasteiger partial charge in [-0.3, -0.25) is 0 Å². The Morgan fingerprint density at radius 3 is 2.74 bits per heavy atom. The van der Waals surface area contributed by atoms with Crippen LogP contribution in [0.25, 0.3) is 0 Å². The second-order valence-corrected chi connectivity index (χ2v) is 4.60. The molecule has 102 valence electrons. The van der Waals surface area contributed by atoms with Crippen molar-refractivity contribution in [2.24, 2.45) is 5.73 Å². The Bertz CT molecular complexity index is 508. The summed E-state index contributed by atoms with van der Waals surface area (Å²) < 4.78 is 10.2. The van der Waals surface area contributed by atoms with E-state index in [1.165, 1.54) is 5.56 Å². The van der Waals surface area contributed by atoms with Crippen LogP contribution in [0.2, 0.25) is 0 Å². The minimum atomic E-state index is -0.265. The maximum absolute atomic E-state index is 5.93. The first kappa shape index (κ1) is 13.7. The average molecular weight is 261 g/mol. The third-order valence-corrected chi connectivity index (χ3v) is 2.92. The Morgan fingerprint density at radius 2 is 2.05 bits per heavy atom. The highest BCUT2D eigenvalue weighted by atomic mass is 16.5. The fourth-order valence-electron chi connectivity index (χ4n) is 1.75. The minimum Gasteiger partial charge on any atom is -0.385 e. The van der Waals surface area contributed by atoms with Crippen molar-refractivity contribution in [3.8, 4) is 0 Å². The second-order valence-electron chi connectivity index (χ2n) is 4.60. The van der Waals surface area contributed by atoms with Crippen LogP contribution in [0.4, 0.5) is 0 Å². The maximum Gasteiger partial charge on any atom is 0.243 e. The highest BCUT2D eigenvalue weighted by Crippen LogP contribution is 2.14. The molecule has 2 rings (SSSR count). The van der Waals surface area contributed by atoms with Crippen molar-refractivity contribution >= 4 is 0 Å². The molecule has 1 heterocycles. The monoisotopic (exact) mass is 261 g/mol. The van der Waals surface area contributed by atoms with Gasteiger partial charge in [-0.15, -0.1) is 0 Å². The fraction of sp³-hybridized carbons (Fsp3) is 0.429. The van der Waals surface area contributed by atoms with Gasteiger partial charge in [0, 0.05) is 20.1 Å². The summed E-state index contributed by atoms with van der Waals surface area (Å²) in [6.07, 6.45) is 1.32. The van der Waals surface area contributed by atoms with Crippen molar-refractivity contribution < 1.29 is 9.26 Å². The molecule has 5 nitrogen and oxygen atoms in total. The number of nitrogens with zero attached hydrogens (tertiary/aromatic N) is 2. The molecule has 1 unspecified atom stereocenters. The van der Waals surface area contributed by atoms with Gasteiger partial charge in [-0.2, -0.15) is 4.98 Å². The van der Waals surface area contributed by atoms with Crippen LogP contribution in [0.15, 0.2) is 28.8 Å². The zero-order chi connectivity index (χ0) is 13.7. The van der Waals surface area contributed by atoms with E-state index in [0.717, 1.165) is 5.56 Å². The summed E-state index contributed by atoms with van der Waals surface area (Å²) in [6, 6.07) is 8.01. The number of aromatic nitrogens is 2. The summed E-state index contributed by atoms with van der Waals surface area (Å²) in [6.45, 7) is 2.64. The molecule has 1 aromatic carbocycles. The van der Waals surface area contributed by atoms with Crippen molar-refractivity contribution in [3.05, 3.63) is 47.1 Å². The lowest BCUT2D eigenvalue weighted by Gasteiger charge is -2.04. The number of hydrogen-bond donors (Lipinski definition) is 1. The van der Waals surface area contributed by atoms with Crippen LogP contribution in [0.1, 0.15) is 35.3 Å². The Kier molecular flexibility index (Phi) is 4.65. The Hall–Kier alpha value is -1.72. The van der Waals surface area contributed by atoms with E-state index in [4.69, 9.17) is 15.0 Å². The molecule has 0 bridgehead atoms. The lowest BCUT2D eigenvalue weighted by Crippen LogP contribution is -2.13. The van der Waals surface area contributed by atoms with Gasteiger partial charge in [0.05, 0.1) is 6.04 Å². The predicted octanol–water partition coefficient (Wildman–Crippen LogP) is 2.01. The van der Waals surface area contributed by atoms with Gasteiger partial charge < -0.3 is 15.0 Å². The SMILES string of the molecule is COCCC(N)c1nc(Cc2ccc(C)cc2)no1. The lowest BCUT2D eigenvalue weighted by molar-refractivity contribution is 0.182. The average Bonchev–Trinajstić information content (AvgIpc) is 2.87. The molecule has 2 aromatic rings. The topological polar surface area (TPSA) is 74.2 Å². The van der Waals surface area contributed by atoms with E-state index in [1.807, 2.05) is 0 Å². The van der Waals surface area contributed by atoms with Crippen LogP contribution in [0, 0.1) is 6.92 Å². The molecule has 5 heteroatoms. The van der Waals surface area contributed by atoms with E-state index >= 15 is 0 Å². The lowest BCUT2D eigenvalue weighted by atomic mass is 10.1. The minimum absolute atomic E-state index is 0.265. The summed E-state index contributed by atoms with van der Waals surface area (Å²) in [5.41, 5.74) is 8.32. The van der Waals surface area contributed by atoms with E-state index in [1.54, 1.807) is 7.11 Å². The largest absolute Gasteiger partial charge is 0.385 e. The second kappa shape index (κ2) is 6.45. The highest BCUT2D eigenvalue weighted by molar-refractivity contribution is 5.23. The smallest absolute Gasteiger partial charge is 0.243 e. The summed E-state index contributed by atoms with van der Waals surface area (Å²) >= 11 is 0. The zero-order valence-electron chi connectivity index (χ0n) is 11.3. The van der Waals surface area contributed by atoms with Crippen molar-refractivity contribution in [1.82, 2.24) is 10.1 Å². The molecule has 0 spiro atoms. The van der Waals surface area contributed by atoms with Gasteiger partial charge >= 0.3 is 0 Å². The standard InChI is InChI=1S/C14H19N3O2/c1-10-3-5-11(6-4-10)9-13-16-14(19-17-13)12(15)7-8-18-2/h3-6,12H,7-9,15H2,1-2H3. The third-order valence-electron chi connectivity index (χ3n) is 2.92. The summed E-state index contributed by atoms with van der Waals surface area (Å²) in [4.78, 5) is 4.32. The molecule has 0 fully saturated rings. The van der Waals surface area contributed by atoms with Gasteiger partial charge in [0.25, 0.3) is 0 Å². The van der Waals surface area contributed by atoms with Crippen LogP contribution in [0.5, 0.6) is 0 Å². The first-order chi connectivity index (χ1) is 9.19. The van der Waals surface area contributed by atoms with Crippen molar-refractivity contribution in [3.63, 3.8) is 0 Å². The van der Waals surface area contributed by atoms with E-state index in [2.05, 4.69) is 41.3 Å². The van der Waals surface area contributed by atoms with E-state index < -0.39 is 0 Å². The molecule has 0 aliphatic carbocycles. The first-order valence-electron chi connectivity index (χ1n) is 6.31. The number of hydrogen-bond acceptors (Lipinski definition) is 5. The van der Waals surface area contributed by atoms with E-state index in [0.29, 0.717) is 31.2 Å². The quantitative estimate of drug-likeness (QED) is 0.861. The van der Waals surface area contributed by atoms with Crippen molar-refractivity contribution in [1.29, 1.82) is 0 Å². The van der Waals surface area contributed by atoms with Crippen LogP contribution in [0.3, 0.4) is 0 Å². The Balaban J connectivity index is 1.98. The van der Waals surface area contributed by atoms with Gasteiger partial charge in [-0.05, 0) is 18.9 Å². The fourth-order valence-corrected chi connectivity index (χ4v) is 1.75. The molecular weight excluding hydrogens is 242 g/mol. The van der Waals surface area contributed by atoms with Crippen LogP contribution >= 0.6 is 0 Å². The molecule has 19 heavy (non-hydrogen) atoms. The third kappa shape index (κ3) is 3.87. The van der Waals surface area contributed by atoms with Gasteiger partial charge in [-0.25, -0.2) is 0 Å². The van der Waals surface area contributed by atoms with Gasteiger partial charge in [0.15, 0.2) is 5.82 Å². The number of methoxy groups -OCH3 is 1. The summed E-state index contributed by atoms with van der Waals surface area (Å²) in [7, 11) is 1.64. The number of ether oxygens (including phenoxy) is 1. The molecule has 2 N–H and O–H groups in total. The Morgan fingerprint density at radius 1 is 1.32 bits per heavy atom. The maximum atomic E-state index is 5.93. The molecule has 1 atom stereocenters. The van der Waals surface area contributed by atoms with E-state index in [-0.39, 0.29) is 6.04 Å². The first-order valence-corrected chi connectivity index (χ1v) is 6.31. The highest BCUT2D eigenvalue weighted by Gasteiger charge is 2.14. The predicted molar refractivity (Wildman–Crippen MR) is 71.7 cm³/mol.